The van der Waals surface area contributed by atoms with Crippen LogP contribution in [0.2, 0.25) is 0 Å². The molecule has 18 heavy (non-hydrogen) atoms. The molecule has 6 heteroatoms. The van der Waals surface area contributed by atoms with Crippen LogP contribution in [0, 0.1) is 0 Å². The Bertz CT molecular complexity index is 508. The van der Waals surface area contributed by atoms with Gasteiger partial charge in [0.25, 0.3) is 0 Å². The van der Waals surface area contributed by atoms with Crippen LogP contribution in [0.3, 0.4) is 0 Å². The topological polar surface area (TPSA) is 76.5 Å². The average molecular weight is 242 g/mol. The van der Waals surface area contributed by atoms with E-state index >= 15 is 0 Å². The lowest BCUT2D eigenvalue weighted by molar-refractivity contribution is 0.859. The summed E-state index contributed by atoms with van der Waals surface area (Å²) in [6.45, 7) is 6.05. The van der Waals surface area contributed by atoms with E-state index in [-0.39, 0.29) is 0 Å². The Morgan fingerprint density at radius 1 is 1.28 bits per heavy atom. The Morgan fingerprint density at radius 3 is 2.67 bits per heavy atom. The number of allylic oxidation sites excluding steroid dienone is 1. The van der Waals surface area contributed by atoms with Crippen molar-refractivity contribution >= 4 is 5.69 Å². The second-order valence-corrected chi connectivity index (χ2v) is 3.78. The van der Waals surface area contributed by atoms with Crippen LogP contribution in [0.4, 0.5) is 5.69 Å². The molecule has 1 N–H and O–H groups in total. The van der Waals surface area contributed by atoms with Crippen molar-refractivity contribution in [3.63, 3.8) is 0 Å². The fourth-order valence-corrected chi connectivity index (χ4v) is 1.48. The van der Waals surface area contributed by atoms with Gasteiger partial charge in [-0.1, -0.05) is 19.9 Å². The van der Waals surface area contributed by atoms with Gasteiger partial charge in [0.15, 0.2) is 6.33 Å². The zero-order valence-corrected chi connectivity index (χ0v) is 10.2. The maximum Gasteiger partial charge on any atom is 0.221 e. The summed E-state index contributed by atoms with van der Waals surface area (Å²) in [6.07, 6.45) is 5.00. The average Bonchev–Trinajstić information content (AvgIpc) is 2.41. The molecule has 0 aliphatic carbocycles. The van der Waals surface area contributed by atoms with Crippen LogP contribution in [-0.4, -0.2) is 25.4 Å². The first kappa shape index (κ1) is 12.1. The Labute approximate surface area is 105 Å². The van der Waals surface area contributed by atoms with Gasteiger partial charge in [-0.05, 0) is 18.6 Å². The van der Waals surface area contributed by atoms with Gasteiger partial charge < -0.3 is 5.32 Å². The Balaban J connectivity index is 2.09. The minimum Gasteiger partial charge on any atom is -0.358 e. The normalized spacial score (nSPS) is 10.1. The zero-order valence-electron chi connectivity index (χ0n) is 10.2. The zero-order chi connectivity index (χ0) is 12.8. The Kier molecular flexibility index (Phi) is 3.90. The summed E-state index contributed by atoms with van der Waals surface area (Å²) in [5.74, 6) is 0.413. The second kappa shape index (κ2) is 5.81. The van der Waals surface area contributed by atoms with Crippen LogP contribution < -0.4 is 5.32 Å². The summed E-state index contributed by atoms with van der Waals surface area (Å²) < 4.78 is 0. The molecule has 2 aromatic rings. The van der Waals surface area contributed by atoms with E-state index in [0.717, 1.165) is 24.2 Å². The fraction of sp³-hybridized carbons (Fsp3) is 0.250. The quantitative estimate of drug-likeness (QED) is 0.864. The Morgan fingerprint density at radius 2 is 2.06 bits per heavy atom. The molecule has 0 bridgehead atoms. The third-order valence-corrected chi connectivity index (χ3v) is 2.27. The SMILES string of the molecule is C=C(CCC)Nc1ccc(-c2nncnn2)nc1. The Hall–Kier alpha value is -2.37. The van der Waals surface area contributed by atoms with Crippen molar-refractivity contribution in [1.29, 1.82) is 0 Å². The number of anilines is 1. The molecule has 2 heterocycles. The molecule has 0 atom stereocenters. The van der Waals surface area contributed by atoms with Crippen molar-refractivity contribution in [3.05, 3.63) is 36.9 Å². The number of hydrogen-bond donors (Lipinski definition) is 1. The number of aromatic nitrogens is 5. The van der Waals surface area contributed by atoms with Crippen molar-refractivity contribution in [2.75, 3.05) is 5.32 Å². The lowest BCUT2D eigenvalue weighted by Crippen LogP contribution is -1.99. The van der Waals surface area contributed by atoms with Gasteiger partial charge in [0, 0.05) is 5.70 Å². The van der Waals surface area contributed by atoms with E-state index in [1.807, 2.05) is 12.1 Å². The van der Waals surface area contributed by atoms with Gasteiger partial charge in [-0.2, -0.15) is 0 Å². The third kappa shape index (κ3) is 3.07. The van der Waals surface area contributed by atoms with Gasteiger partial charge >= 0.3 is 0 Å². The number of rotatable bonds is 5. The molecule has 2 rings (SSSR count). The minimum absolute atomic E-state index is 0.413. The molecule has 0 aromatic carbocycles. The highest BCUT2D eigenvalue weighted by Crippen LogP contribution is 2.15. The van der Waals surface area contributed by atoms with Crippen LogP contribution >= 0.6 is 0 Å². The van der Waals surface area contributed by atoms with Gasteiger partial charge in [0.2, 0.25) is 5.82 Å². The minimum atomic E-state index is 0.413. The van der Waals surface area contributed by atoms with Crippen LogP contribution in [-0.2, 0) is 0 Å². The molecule has 0 amide bonds. The number of nitrogens with zero attached hydrogens (tertiary/aromatic N) is 5. The number of pyridine rings is 1. The van der Waals surface area contributed by atoms with Crippen molar-refractivity contribution in [1.82, 2.24) is 25.4 Å². The first-order chi connectivity index (χ1) is 8.79. The van der Waals surface area contributed by atoms with E-state index in [1.165, 1.54) is 6.33 Å². The van der Waals surface area contributed by atoms with Crippen LogP contribution in [0.1, 0.15) is 19.8 Å². The van der Waals surface area contributed by atoms with Gasteiger partial charge in [0.05, 0.1) is 11.9 Å². The molecule has 2 aromatic heterocycles. The highest BCUT2D eigenvalue weighted by molar-refractivity contribution is 5.54. The maximum absolute atomic E-state index is 4.25. The molecule has 0 saturated carbocycles. The van der Waals surface area contributed by atoms with Crippen molar-refractivity contribution in [3.8, 4) is 11.5 Å². The fourth-order valence-electron chi connectivity index (χ4n) is 1.48. The van der Waals surface area contributed by atoms with Gasteiger partial charge in [-0.15, -0.1) is 20.4 Å². The van der Waals surface area contributed by atoms with Crippen molar-refractivity contribution in [2.24, 2.45) is 0 Å². The molecule has 0 aliphatic heterocycles. The molecule has 6 nitrogen and oxygen atoms in total. The highest BCUT2D eigenvalue weighted by atomic mass is 15.3. The molecule has 0 spiro atoms. The van der Waals surface area contributed by atoms with E-state index in [4.69, 9.17) is 0 Å². The lowest BCUT2D eigenvalue weighted by atomic mass is 10.2. The summed E-state index contributed by atoms with van der Waals surface area (Å²) in [7, 11) is 0. The first-order valence-electron chi connectivity index (χ1n) is 5.71. The molecule has 0 saturated heterocycles. The number of nitrogens with one attached hydrogen (secondary N) is 1. The molecular weight excluding hydrogens is 228 g/mol. The molecule has 92 valence electrons. The predicted octanol–water partition coefficient (Wildman–Crippen LogP) is 2.05. The third-order valence-electron chi connectivity index (χ3n) is 2.27. The van der Waals surface area contributed by atoms with E-state index in [0.29, 0.717) is 11.5 Å². The molecule has 0 unspecified atom stereocenters. The van der Waals surface area contributed by atoms with Crippen molar-refractivity contribution < 1.29 is 0 Å². The second-order valence-electron chi connectivity index (χ2n) is 3.78. The van der Waals surface area contributed by atoms with E-state index < -0.39 is 0 Å². The van der Waals surface area contributed by atoms with Gasteiger partial charge in [-0.3, -0.25) is 4.98 Å². The standard InChI is InChI=1S/C12H14N6/c1-3-4-9(2)16-10-5-6-11(13-7-10)12-17-14-8-15-18-12/h5-8,16H,2-4H2,1H3. The maximum atomic E-state index is 4.25. The summed E-state index contributed by atoms with van der Waals surface area (Å²) in [5.41, 5.74) is 2.52. The van der Waals surface area contributed by atoms with E-state index in [1.54, 1.807) is 6.20 Å². The smallest absolute Gasteiger partial charge is 0.221 e. The van der Waals surface area contributed by atoms with Crippen LogP contribution in [0.5, 0.6) is 0 Å². The van der Waals surface area contributed by atoms with Crippen LogP contribution in [0.25, 0.3) is 11.5 Å². The molecule has 0 radical (unpaired) electrons. The summed E-state index contributed by atoms with van der Waals surface area (Å²) in [6, 6.07) is 3.72. The van der Waals surface area contributed by atoms with Crippen LogP contribution in [0.15, 0.2) is 36.9 Å². The summed E-state index contributed by atoms with van der Waals surface area (Å²) in [4.78, 5) is 4.25. The number of hydrogen-bond acceptors (Lipinski definition) is 6. The van der Waals surface area contributed by atoms with E-state index in [9.17, 15) is 0 Å². The van der Waals surface area contributed by atoms with Crippen molar-refractivity contribution in [2.45, 2.75) is 19.8 Å². The molecular formula is C12H14N6. The predicted molar refractivity (Wildman–Crippen MR) is 68.5 cm³/mol. The van der Waals surface area contributed by atoms with E-state index in [2.05, 4.69) is 44.2 Å². The highest BCUT2D eigenvalue weighted by Gasteiger charge is 2.03. The molecule has 0 aliphatic rings. The first-order valence-corrected chi connectivity index (χ1v) is 5.71. The summed E-state index contributed by atoms with van der Waals surface area (Å²) in [5, 5.41) is 18.2. The van der Waals surface area contributed by atoms with Gasteiger partial charge in [-0.25, -0.2) is 0 Å². The van der Waals surface area contributed by atoms with Gasteiger partial charge in [0.1, 0.15) is 5.69 Å². The molecule has 0 fully saturated rings. The lowest BCUT2D eigenvalue weighted by Gasteiger charge is -2.08. The largest absolute Gasteiger partial charge is 0.358 e. The summed E-state index contributed by atoms with van der Waals surface area (Å²) >= 11 is 0. The monoisotopic (exact) mass is 242 g/mol.